The number of aromatic nitrogens is 2. The molecule has 20 heavy (non-hydrogen) atoms. The zero-order valence-electron chi connectivity index (χ0n) is 11.4. The number of methoxy groups -OCH3 is 1. The molecule has 1 heterocycles. The first kappa shape index (κ1) is 13.8. The van der Waals surface area contributed by atoms with Gasteiger partial charge in [0.15, 0.2) is 0 Å². The van der Waals surface area contributed by atoms with E-state index in [1.165, 1.54) is 25.4 Å². The Morgan fingerprint density at radius 1 is 1.25 bits per heavy atom. The van der Waals surface area contributed by atoms with Gasteiger partial charge in [0, 0.05) is 6.07 Å². The second-order valence-corrected chi connectivity index (χ2v) is 4.15. The molecule has 0 saturated heterocycles. The maximum absolute atomic E-state index is 11.2. The molecule has 6 heteroatoms. The van der Waals surface area contributed by atoms with Crippen molar-refractivity contribution in [2.24, 2.45) is 0 Å². The molecule has 0 unspecified atom stereocenters. The molecule has 1 aromatic heterocycles. The predicted octanol–water partition coefficient (Wildman–Crippen LogP) is 2.59. The quantitative estimate of drug-likeness (QED) is 0.922. The van der Waals surface area contributed by atoms with Gasteiger partial charge in [-0.1, -0.05) is 0 Å². The molecule has 104 valence electrons. The summed E-state index contributed by atoms with van der Waals surface area (Å²) in [6.07, 6.45) is 1.45. The minimum atomic E-state index is -1.08. The van der Waals surface area contributed by atoms with Gasteiger partial charge in [-0.3, -0.25) is 4.98 Å². The zero-order chi connectivity index (χ0) is 14.7. The van der Waals surface area contributed by atoms with Gasteiger partial charge in [0.05, 0.1) is 24.7 Å². The zero-order valence-corrected chi connectivity index (χ0v) is 11.4. The van der Waals surface area contributed by atoms with Crippen LogP contribution in [-0.4, -0.2) is 28.2 Å². The van der Waals surface area contributed by atoms with Gasteiger partial charge in [0.2, 0.25) is 5.88 Å². The topological polar surface area (TPSA) is 81.5 Å². The molecule has 2 rings (SSSR count). The number of hydrogen-bond acceptors (Lipinski definition) is 5. The minimum absolute atomic E-state index is 0.0332. The number of carbonyl (C=O) groups is 1. The molecule has 0 atom stereocenters. The van der Waals surface area contributed by atoms with E-state index in [1.54, 1.807) is 13.0 Å². The van der Waals surface area contributed by atoms with E-state index < -0.39 is 5.97 Å². The summed E-state index contributed by atoms with van der Waals surface area (Å²) in [4.78, 5) is 19.5. The molecule has 0 bridgehead atoms. The van der Waals surface area contributed by atoms with E-state index >= 15 is 0 Å². The van der Waals surface area contributed by atoms with Crippen LogP contribution in [0.15, 0.2) is 24.4 Å². The van der Waals surface area contributed by atoms with Crippen LogP contribution in [0.4, 0.5) is 0 Å². The van der Waals surface area contributed by atoms with Gasteiger partial charge in [-0.05, 0) is 26.0 Å². The SMILES string of the molecule is COc1ccc(C(=O)O)c(Oc2cnc(C)c(C)n2)c1. The summed E-state index contributed by atoms with van der Waals surface area (Å²) in [7, 11) is 1.50. The summed E-state index contributed by atoms with van der Waals surface area (Å²) in [5.74, 6) is -0.181. The van der Waals surface area contributed by atoms with Crippen molar-refractivity contribution in [3.05, 3.63) is 41.3 Å². The molecule has 0 spiro atoms. The Kier molecular flexibility index (Phi) is 3.84. The fourth-order valence-corrected chi connectivity index (χ4v) is 1.57. The van der Waals surface area contributed by atoms with Gasteiger partial charge in [-0.25, -0.2) is 9.78 Å². The van der Waals surface area contributed by atoms with Crippen molar-refractivity contribution in [3.8, 4) is 17.4 Å². The van der Waals surface area contributed by atoms with Crippen LogP contribution >= 0.6 is 0 Å². The monoisotopic (exact) mass is 274 g/mol. The Balaban J connectivity index is 2.40. The summed E-state index contributed by atoms with van der Waals surface area (Å²) in [6.45, 7) is 3.64. The van der Waals surface area contributed by atoms with Crippen molar-refractivity contribution >= 4 is 5.97 Å². The van der Waals surface area contributed by atoms with Crippen LogP contribution in [0.3, 0.4) is 0 Å². The van der Waals surface area contributed by atoms with Crippen LogP contribution in [0.2, 0.25) is 0 Å². The number of carboxylic acids is 1. The average molecular weight is 274 g/mol. The minimum Gasteiger partial charge on any atom is -0.497 e. The number of benzene rings is 1. The number of nitrogens with zero attached hydrogens (tertiary/aromatic N) is 2. The first-order chi connectivity index (χ1) is 9.51. The van der Waals surface area contributed by atoms with Crippen molar-refractivity contribution in [2.75, 3.05) is 7.11 Å². The fraction of sp³-hybridized carbons (Fsp3) is 0.214. The third-order valence-electron chi connectivity index (χ3n) is 2.80. The molecule has 0 aliphatic heterocycles. The van der Waals surface area contributed by atoms with Gasteiger partial charge < -0.3 is 14.6 Å². The predicted molar refractivity (Wildman–Crippen MR) is 71.5 cm³/mol. The molecule has 0 saturated carbocycles. The lowest BCUT2D eigenvalue weighted by Crippen LogP contribution is -2.02. The van der Waals surface area contributed by atoms with Gasteiger partial charge >= 0.3 is 5.97 Å². The standard InChI is InChI=1S/C14H14N2O4/c1-8-9(2)16-13(7-15-8)20-12-6-10(19-3)4-5-11(12)14(17)18/h4-7H,1-3H3,(H,17,18). The van der Waals surface area contributed by atoms with E-state index in [9.17, 15) is 4.79 Å². The highest BCUT2D eigenvalue weighted by molar-refractivity contribution is 5.91. The molecule has 0 fully saturated rings. The van der Waals surface area contributed by atoms with Crippen LogP contribution in [0.1, 0.15) is 21.7 Å². The highest BCUT2D eigenvalue weighted by Gasteiger charge is 2.14. The second-order valence-electron chi connectivity index (χ2n) is 4.15. The Hall–Kier alpha value is -2.63. The van der Waals surface area contributed by atoms with Crippen molar-refractivity contribution in [2.45, 2.75) is 13.8 Å². The highest BCUT2D eigenvalue weighted by atomic mass is 16.5. The maximum atomic E-state index is 11.2. The van der Waals surface area contributed by atoms with Crippen molar-refractivity contribution < 1.29 is 19.4 Å². The van der Waals surface area contributed by atoms with E-state index in [0.717, 1.165) is 11.4 Å². The summed E-state index contributed by atoms with van der Waals surface area (Å²) in [6, 6.07) is 4.48. The maximum Gasteiger partial charge on any atom is 0.339 e. The number of rotatable bonds is 4. The highest BCUT2D eigenvalue weighted by Crippen LogP contribution is 2.28. The van der Waals surface area contributed by atoms with Crippen LogP contribution in [0, 0.1) is 13.8 Å². The first-order valence-electron chi connectivity index (χ1n) is 5.90. The first-order valence-corrected chi connectivity index (χ1v) is 5.90. The van der Waals surface area contributed by atoms with E-state index in [1.807, 2.05) is 6.92 Å². The van der Waals surface area contributed by atoms with Crippen LogP contribution < -0.4 is 9.47 Å². The van der Waals surface area contributed by atoms with Gasteiger partial charge in [0.1, 0.15) is 17.1 Å². The Labute approximate surface area is 116 Å². The Morgan fingerprint density at radius 2 is 2.00 bits per heavy atom. The molecular weight excluding hydrogens is 260 g/mol. The lowest BCUT2D eigenvalue weighted by molar-refractivity contribution is 0.0694. The van der Waals surface area contributed by atoms with E-state index in [2.05, 4.69) is 9.97 Å². The molecule has 0 aliphatic rings. The van der Waals surface area contributed by atoms with Crippen LogP contribution in [-0.2, 0) is 0 Å². The molecule has 0 amide bonds. The molecular formula is C14H14N2O4. The third-order valence-corrected chi connectivity index (χ3v) is 2.80. The molecule has 0 radical (unpaired) electrons. The summed E-state index contributed by atoms with van der Waals surface area (Å²) >= 11 is 0. The van der Waals surface area contributed by atoms with Crippen molar-refractivity contribution in [3.63, 3.8) is 0 Å². The number of hydrogen-bond donors (Lipinski definition) is 1. The van der Waals surface area contributed by atoms with Gasteiger partial charge in [-0.15, -0.1) is 0 Å². The van der Waals surface area contributed by atoms with Gasteiger partial charge in [0.25, 0.3) is 0 Å². The second kappa shape index (κ2) is 5.56. The van der Waals surface area contributed by atoms with E-state index in [-0.39, 0.29) is 17.2 Å². The third kappa shape index (κ3) is 2.85. The number of aromatic carboxylic acids is 1. The smallest absolute Gasteiger partial charge is 0.339 e. The Bertz CT molecular complexity index is 656. The van der Waals surface area contributed by atoms with E-state index in [0.29, 0.717) is 5.75 Å². The molecule has 2 aromatic rings. The van der Waals surface area contributed by atoms with Crippen molar-refractivity contribution in [1.29, 1.82) is 0 Å². The number of aryl methyl sites for hydroxylation is 2. The largest absolute Gasteiger partial charge is 0.497 e. The molecule has 6 nitrogen and oxygen atoms in total. The van der Waals surface area contributed by atoms with Crippen LogP contribution in [0.25, 0.3) is 0 Å². The molecule has 1 N–H and O–H groups in total. The summed E-state index contributed by atoms with van der Waals surface area (Å²) in [5, 5.41) is 9.15. The lowest BCUT2D eigenvalue weighted by atomic mass is 10.2. The normalized spacial score (nSPS) is 10.2. The number of ether oxygens (including phenoxy) is 2. The molecule has 1 aromatic carbocycles. The van der Waals surface area contributed by atoms with Crippen LogP contribution in [0.5, 0.6) is 17.4 Å². The average Bonchev–Trinajstić information content (AvgIpc) is 2.42. The summed E-state index contributed by atoms with van der Waals surface area (Å²) < 4.78 is 10.6. The fourth-order valence-electron chi connectivity index (χ4n) is 1.57. The van der Waals surface area contributed by atoms with Crippen molar-refractivity contribution in [1.82, 2.24) is 9.97 Å². The summed E-state index contributed by atoms with van der Waals surface area (Å²) in [5.41, 5.74) is 1.55. The molecule has 0 aliphatic carbocycles. The Morgan fingerprint density at radius 3 is 2.60 bits per heavy atom. The van der Waals surface area contributed by atoms with E-state index in [4.69, 9.17) is 14.6 Å². The van der Waals surface area contributed by atoms with Gasteiger partial charge in [-0.2, -0.15) is 0 Å². The lowest BCUT2D eigenvalue weighted by Gasteiger charge is -2.10. The number of carboxylic acid groups (broad SMARTS) is 1.